The highest BCUT2D eigenvalue weighted by Gasteiger charge is 2.74. The van der Waals surface area contributed by atoms with Crippen LogP contribution in [0.5, 0.6) is 0 Å². The summed E-state index contributed by atoms with van der Waals surface area (Å²) in [7, 11) is 0. The van der Waals surface area contributed by atoms with E-state index in [0.29, 0.717) is 0 Å². The molecule has 0 spiro atoms. The van der Waals surface area contributed by atoms with Gasteiger partial charge >= 0.3 is 0 Å². The van der Waals surface area contributed by atoms with Crippen molar-refractivity contribution in [3.63, 3.8) is 0 Å². The molecule has 9 nitrogen and oxygen atoms in total. The van der Waals surface area contributed by atoms with Gasteiger partial charge in [0.05, 0.1) is 49.8 Å². The second-order valence-electron chi connectivity index (χ2n) is 13.9. The Morgan fingerprint density at radius 2 is 1.08 bits per heavy atom. The third kappa shape index (κ3) is 3.98. The molecule has 2 saturated heterocycles. The van der Waals surface area contributed by atoms with Crippen molar-refractivity contribution >= 4 is 0 Å². The van der Waals surface area contributed by atoms with Crippen molar-refractivity contribution in [3.05, 3.63) is 0 Å². The Morgan fingerprint density at radius 3 is 1.49 bits per heavy atom. The van der Waals surface area contributed by atoms with Crippen molar-refractivity contribution in [1.82, 2.24) is 0 Å². The molecule has 6 N–H and O–H groups in total. The van der Waals surface area contributed by atoms with Gasteiger partial charge in [-0.15, -0.1) is 0 Å². The monoisotopic (exact) mass is 534 g/mol. The quantitative estimate of drug-likeness (QED) is 0.273. The molecule has 0 saturated carbocycles. The molecule has 0 amide bonds. The summed E-state index contributed by atoms with van der Waals surface area (Å²) in [4.78, 5) is 0. The van der Waals surface area contributed by atoms with Gasteiger partial charge in [0.2, 0.25) is 0 Å². The van der Waals surface area contributed by atoms with Crippen LogP contribution < -0.4 is 0 Å². The number of hydrogen-bond acceptors (Lipinski definition) is 9. The van der Waals surface area contributed by atoms with Gasteiger partial charge in [0.15, 0.2) is 0 Å². The van der Waals surface area contributed by atoms with E-state index in [1.54, 1.807) is 41.5 Å². The lowest BCUT2D eigenvalue weighted by Gasteiger charge is -2.69. The minimum Gasteiger partial charge on any atom is -0.393 e. The van der Waals surface area contributed by atoms with E-state index in [1.807, 2.05) is 34.6 Å². The van der Waals surface area contributed by atoms with E-state index in [1.165, 1.54) is 6.92 Å². The molecular formula is C28H54O9. The lowest BCUT2D eigenvalue weighted by molar-refractivity contribution is -0.404. The highest BCUT2D eigenvalue weighted by atomic mass is 16.6. The van der Waals surface area contributed by atoms with E-state index >= 15 is 0 Å². The fraction of sp³-hybridized carbons (Fsp3) is 1.00. The van der Waals surface area contributed by atoms with E-state index in [2.05, 4.69) is 0 Å². The van der Waals surface area contributed by atoms with Crippen LogP contribution in [0.2, 0.25) is 0 Å². The zero-order chi connectivity index (χ0) is 29.3. The van der Waals surface area contributed by atoms with Crippen LogP contribution in [0.25, 0.3) is 0 Å². The normalized spacial score (nSPS) is 55.1. The van der Waals surface area contributed by atoms with Gasteiger partial charge in [0.1, 0.15) is 22.4 Å². The van der Waals surface area contributed by atoms with Crippen LogP contribution in [0.4, 0.5) is 0 Å². The highest BCUT2D eigenvalue weighted by molar-refractivity contribution is 5.23. The average Bonchev–Trinajstić information content (AvgIpc) is 2.80. The Kier molecular flexibility index (Phi) is 8.30. The predicted molar refractivity (Wildman–Crippen MR) is 140 cm³/mol. The minimum atomic E-state index is -1.79. The molecule has 0 aromatic heterocycles. The van der Waals surface area contributed by atoms with E-state index in [0.717, 1.165) is 0 Å². The Morgan fingerprint density at radius 1 is 0.649 bits per heavy atom. The zero-order valence-electron chi connectivity index (χ0n) is 25.1. The summed E-state index contributed by atoms with van der Waals surface area (Å²) in [6.45, 7) is 19.5. The van der Waals surface area contributed by atoms with E-state index in [4.69, 9.17) is 14.2 Å². The molecule has 10 atom stereocenters. The highest BCUT2D eigenvalue weighted by Crippen LogP contribution is 2.61. The molecule has 0 bridgehead atoms. The van der Waals surface area contributed by atoms with Crippen molar-refractivity contribution in [2.24, 2.45) is 22.7 Å². The van der Waals surface area contributed by atoms with Gasteiger partial charge in [0, 0.05) is 10.8 Å². The van der Waals surface area contributed by atoms with Gasteiger partial charge < -0.3 is 44.8 Å². The van der Waals surface area contributed by atoms with Crippen molar-refractivity contribution in [1.29, 1.82) is 0 Å². The van der Waals surface area contributed by atoms with Crippen molar-refractivity contribution in [2.75, 3.05) is 33.0 Å². The van der Waals surface area contributed by atoms with Crippen LogP contribution >= 0.6 is 0 Å². The molecule has 0 aromatic carbocycles. The van der Waals surface area contributed by atoms with Gasteiger partial charge in [-0.2, -0.15) is 0 Å². The Bertz CT molecular complexity index is 844. The Balaban J connectivity index is 2.46. The maximum absolute atomic E-state index is 11.9. The molecular weight excluding hydrogens is 480 g/mol. The van der Waals surface area contributed by atoms with Crippen molar-refractivity contribution in [2.45, 2.75) is 122 Å². The number of aliphatic hydroxyl groups is 6. The predicted octanol–water partition coefficient (Wildman–Crippen LogP) is 1.63. The summed E-state index contributed by atoms with van der Waals surface area (Å²) >= 11 is 0. The molecule has 0 aromatic rings. The SMILES string of the molecule is CC1C(C)(O)C(C)(CO)OC(C)(CO)C1(C)COCC1(C)OC(C)(CO)C(C)(C(C)C)C(C)(O)C1(C)O. The van der Waals surface area contributed by atoms with Gasteiger partial charge in [-0.1, -0.05) is 34.6 Å². The van der Waals surface area contributed by atoms with E-state index in [-0.39, 0.29) is 32.3 Å². The lowest BCUT2D eigenvalue weighted by atomic mass is 9.49. The summed E-state index contributed by atoms with van der Waals surface area (Å²) in [5.74, 6) is -0.636. The molecule has 9 heteroatoms. The molecule has 0 radical (unpaired) electrons. The Hall–Kier alpha value is -0.360. The van der Waals surface area contributed by atoms with E-state index in [9.17, 15) is 30.6 Å². The van der Waals surface area contributed by atoms with E-state index < -0.39 is 62.6 Å². The van der Waals surface area contributed by atoms with Crippen LogP contribution in [0.3, 0.4) is 0 Å². The molecule has 2 rings (SSSR count). The molecule has 2 heterocycles. The summed E-state index contributed by atoms with van der Waals surface area (Å²) in [6.07, 6.45) is 0. The molecule has 220 valence electrons. The van der Waals surface area contributed by atoms with Crippen LogP contribution in [-0.4, -0.2) is 103 Å². The summed E-state index contributed by atoms with van der Waals surface area (Å²) in [5.41, 5.74) is -12.0. The largest absolute Gasteiger partial charge is 0.393 e. The summed E-state index contributed by atoms with van der Waals surface area (Å²) in [6, 6.07) is 0. The van der Waals surface area contributed by atoms with Gasteiger partial charge in [-0.05, 0) is 60.3 Å². The molecule has 37 heavy (non-hydrogen) atoms. The fourth-order valence-corrected chi connectivity index (χ4v) is 7.17. The molecule has 2 aliphatic heterocycles. The summed E-state index contributed by atoms with van der Waals surface area (Å²) < 4.78 is 19.0. The first-order chi connectivity index (χ1) is 16.4. The number of rotatable bonds is 8. The first kappa shape index (κ1) is 32.8. The zero-order valence-corrected chi connectivity index (χ0v) is 25.1. The second kappa shape index (κ2) is 9.35. The smallest absolute Gasteiger partial charge is 0.122 e. The van der Waals surface area contributed by atoms with Crippen LogP contribution in [-0.2, 0) is 14.2 Å². The van der Waals surface area contributed by atoms with Crippen molar-refractivity contribution in [3.8, 4) is 0 Å². The van der Waals surface area contributed by atoms with Gasteiger partial charge in [-0.3, -0.25) is 0 Å². The lowest BCUT2D eigenvalue weighted by Crippen LogP contribution is -2.83. The number of hydrogen-bond donors (Lipinski definition) is 6. The maximum atomic E-state index is 11.9. The molecule has 10 unspecified atom stereocenters. The molecule has 2 fully saturated rings. The molecule has 2 aliphatic rings. The average molecular weight is 535 g/mol. The van der Waals surface area contributed by atoms with Gasteiger partial charge in [-0.25, -0.2) is 0 Å². The van der Waals surface area contributed by atoms with Gasteiger partial charge in [0.25, 0.3) is 0 Å². The third-order valence-corrected chi connectivity index (χ3v) is 11.9. The van der Waals surface area contributed by atoms with Crippen LogP contribution in [0.1, 0.15) is 83.1 Å². The maximum Gasteiger partial charge on any atom is 0.122 e. The number of ether oxygens (including phenoxy) is 3. The third-order valence-electron chi connectivity index (χ3n) is 11.9. The van der Waals surface area contributed by atoms with Crippen molar-refractivity contribution < 1.29 is 44.8 Å². The first-order valence-corrected chi connectivity index (χ1v) is 13.4. The second-order valence-corrected chi connectivity index (χ2v) is 13.9. The summed E-state index contributed by atoms with van der Waals surface area (Å²) in [5, 5.41) is 66.1. The number of aliphatic hydroxyl groups excluding tert-OH is 3. The standard InChI is InChI=1S/C28H54O9/c1-18(2)25(9)22(6,14-30)37-24(8,27(11,33)28(25,12)34)17-35-16-20(4)19(3)26(10,32)23(7,15-31)36-21(20,5)13-29/h18-19,29-34H,13-17H2,1-12H3. The molecule has 0 aliphatic carbocycles. The Labute approximate surface area is 223 Å². The first-order valence-electron chi connectivity index (χ1n) is 13.4. The fourth-order valence-electron chi connectivity index (χ4n) is 7.17. The van der Waals surface area contributed by atoms with Crippen LogP contribution in [0.15, 0.2) is 0 Å². The topological polar surface area (TPSA) is 149 Å². The van der Waals surface area contributed by atoms with Crippen LogP contribution in [0, 0.1) is 22.7 Å². The minimum absolute atomic E-state index is 0.0113.